The van der Waals surface area contributed by atoms with Gasteiger partial charge in [0.2, 0.25) is 0 Å². The quantitative estimate of drug-likeness (QED) is 0.171. The van der Waals surface area contributed by atoms with Gasteiger partial charge >= 0.3 is 41.6 Å². The normalized spacial score (nSPS) is 15.0. The Morgan fingerprint density at radius 3 is 1.00 bits per heavy atom. The molecule has 0 spiro atoms. The molecule has 0 unspecified atom stereocenters. The van der Waals surface area contributed by atoms with E-state index in [-0.39, 0.29) is 24.9 Å². The Kier molecular flexibility index (Phi) is 10.3. The van der Waals surface area contributed by atoms with E-state index in [9.17, 15) is 49.2 Å². The van der Waals surface area contributed by atoms with Crippen molar-refractivity contribution in [2.45, 2.75) is 51.1 Å². The molecule has 0 saturated heterocycles. The highest BCUT2D eigenvalue weighted by molar-refractivity contribution is 7.99. The third-order valence-electron chi connectivity index (χ3n) is 3.76. The van der Waals surface area contributed by atoms with Crippen LogP contribution in [-0.2, 0) is 45.8 Å². The average molecular weight is 577 g/mol. The first-order valence-corrected chi connectivity index (χ1v) is 20.0. The van der Waals surface area contributed by atoms with Crippen LogP contribution >= 0.6 is 0 Å². The van der Waals surface area contributed by atoms with Crippen molar-refractivity contribution in [2.24, 2.45) is 0 Å². The summed E-state index contributed by atoms with van der Waals surface area (Å²) in [5.41, 5.74) is 0. The molecule has 0 rings (SSSR count). The molecule has 0 saturated carbocycles. The van der Waals surface area contributed by atoms with Gasteiger partial charge in [0, 0.05) is 13.1 Å². The monoisotopic (exact) mass is 576 g/mol. The summed E-state index contributed by atoms with van der Waals surface area (Å²) in [5, 5.41) is 0. The first-order valence-electron chi connectivity index (χ1n) is 8.43. The van der Waals surface area contributed by atoms with Gasteiger partial charge in [0.1, 0.15) is 0 Å². The summed E-state index contributed by atoms with van der Waals surface area (Å²) < 4.78 is 142. The van der Waals surface area contributed by atoms with Crippen LogP contribution in [0.1, 0.15) is 12.8 Å². The molecule has 0 atom stereocenters. The van der Waals surface area contributed by atoms with Gasteiger partial charge in [-0.3, -0.25) is 0 Å². The lowest BCUT2D eigenvalue weighted by Gasteiger charge is -2.34. The smallest absolute Gasteiger partial charge is 0.390 e. The van der Waals surface area contributed by atoms with Crippen LogP contribution < -0.4 is 0 Å². The van der Waals surface area contributed by atoms with E-state index < -0.39 is 78.8 Å². The number of hydrogen-bond acceptors (Lipinski definition) is 9. The number of rotatable bonds is 14. The molecule has 188 valence electrons. The van der Waals surface area contributed by atoms with Gasteiger partial charge in [0.05, 0.1) is 0 Å². The molecule has 0 aromatic rings. The van der Waals surface area contributed by atoms with Gasteiger partial charge in [-0.05, 0) is 58.5 Å². The van der Waals surface area contributed by atoms with Crippen molar-refractivity contribution >= 4 is 58.3 Å². The maximum absolute atomic E-state index is 12.9. The maximum Gasteiger partial charge on any atom is 0.390 e. The first-order chi connectivity index (χ1) is 13.4. The third kappa shape index (κ3) is 12.0. The second-order valence-corrected chi connectivity index (χ2v) is 22.0. The van der Waals surface area contributed by atoms with Gasteiger partial charge in [-0.15, -0.1) is 0 Å². The molecule has 0 aliphatic heterocycles. The van der Waals surface area contributed by atoms with Crippen molar-refractivity contribution in [2.75, 3.05) is 13.1 Å². The third-order valence-corrected chi connectivity index (χ3v) is 16.1. The predicted molar refractivity (Wildman–Crippen MR) is 108 cm³/mol. The zero-order valence-electron chi connectivity index (χ0n) is 17.0. The SMILES string of the molecule is C[Si](C)(CCCN(S(=O)(=O)F)S(=O)(=O)F)O[Si](C)(C)CCCN(S(=O)(=O)F)S(=O)(=O)F. The molecule has 0 bridgehead atoms. The fourth-order valence-electron chi connectivity index (χ4n) is 2.77. The highest BCUT2D eigenvalue weighted by Crippen LogP contribution is 2.25. The predicted octanol–water partition coefficient (Wildman–Crippen LogP) is 1.65. The van der Waals surface area contributed by atoms with Crippen LogP contribution in [0, 0.1) is 0 Å². The van der Waals surface area contributed by atoms with Crippen molar-refractivity contribution in [3.63, 3.8) is 0 Å². The Labute approximate surface area is 183 Å². The first kappa shape index (κ1) is 30.8. The van der Waals surface area contributed by atoms with E-state index in [1.807, 2.05) is 0 Å². The van der Waals surface area contributed by atoms with Crippen molar-refractivity contribution in [3.8, 4) is 0 Å². The van der Waals surface area contributed by atoms with Crippen LogP contribution in [0.25, 0.3) is 0 Å². The van der Waals surface area contributed by atoms with Crippen LogP contribution in [0.4, 0.5) is 15.5 Å². The summed E-state index contributed by atoms with van der Waals surface area (Å²) in [6, 6.07) is 0.156. The van der Waals surface area contributed by atoms with Gasteiger partial charge in [-0.2, -0.15) is 33.7 Å². The number of halogens is 4. The van der Waals surface area contributed by atoms with Crippen molar-refractivity contribution in [3.05, 3.63) is 0 Å². The van der Waals surface area contributed by atoms with Crippen LogP contribution in [-0.4, -0.2) is 70.8 Å². The van der Waals surface area contributed by atoms with E-state index >= 15 is 0 Å². The van der Waals surface area contributed by atoms with Gasteiger partial charge in [0.25, 0.3) is 0 Å². The lowest BCUT2D eigenvalue weighted by atomic mass is 10.5. The lowest BCUT2D eigenvalue weighted by molar-refractivity contribution is 0.439. The Morgan fingerprint density at radius 2 is 0.806 bits per heavy atom. The molecule has 0 heterocycles. The number of nitrogens with zero attached hydrogens (tertiary/aromatic N) is 2. The average Bonchev–Trinajstić information content (AvgIpc) is 2.41. The Bertz CT molecular complexity index is 901. The summed E-state index contributed by atoms with van der Waals surface area (Å²) in [7, 11) is -28.7. The summed E-state index contributed by atoms with van der Waals surface area (Å²) in [6.07, 6.45) is -0.520. The van der Waals surface area contributed by atoms with E-state index in [0.29, 0.717) is 0 Å². The minimum Gasteiger partial charge on any atom is -0.455 e. The molecule has 0 radical (unpaired) electrons. The second kappa shape index (κ2) is 10.4. The molecule has 11 nitrogen and oxygen atoms in total. The van der Waals surface area contributed by atoms with Crippen LogP contribution in [0.3, 0.4) is 0 Å². The van der Waals surface area contributed by atoms with E-state index in [0.717, 1.165) is 0 Å². The molecular formula is C10H24F4N2O9S4Si2. The van der Waals surface area contributed by atoms with Crippen LogP contribution in [0.5, 0.6) is 0 Å². The zero-order chi connectivity index (χ0) is 25.1. The fourth-order valence-corrected chi connectivity index (χ4v) is 14.7. The van der Waals surface area contributed by atoms with Gasteiger partial charge in [-0.25, -0.2) is 0 Å². The highest BCUT2D eigenvalue weighted by Gasteiger charge is 2.38. The Hall–Kier alpha value is -0.166. The minimum atomic E-state index is -5.83. The maximum atomic E-state index is 12.9. The highest BCUT2D eigenvalue weighted by atomic mass is 32.3. The molecule has 0 fully saturated rings. The molecule has 31 heavy (non-hydrogen) atoms. The topological polar surface area (TPSA) is 152 Å². The van der Waals surface area contributed by atoms with E-state index in [4.69, 9.17) is 4.12 Å². The number of hydrogen-bond donors (Lipinski definition) is 0. The van der Waals surface area contributed by atoms with Crippen LogP contribution in [0.15, 0.2) is 0 Å². The standard InChI is InChI=1S/C10H24F4N2O9S4Si2/c1-30(2,9-5-7-15(26(11,17)18)27(12,19)20)25-31(3,4)10-6-8-16(28(13,21)22)29(14,23)24/h5-10H2,1-4H3. The van der Waals surface area contributed by atoms with Crippen molar-refractivity contribution < 1.29 is 53.3 Å². The molecule has 0 aliphatic rings. The summed E-state index contributed by atoms with van der Waals surface area (Å²) in [5.74, 6) is 0. The van der Waals surface area contributed by atoms with Gasteiger partial charge in [-0.1, -0.05) is 15.5 Å². The largest absolute Gasteiger partial charge is 0.455 e. The van der Waals surface area contributed by atoms with E-state index in [2.05, 4.69) is 0 Å². The van der Waals surface area contributed by atoms with E-state index in [1.165, 1.54) is 0 Å². The lowest BCUT2D eigenvalue weighted by Crippen LogP contribution is -2.45. The van der Waals surface area contributed by atoms with Crippen molar-refractivity contribution in [1.82, 2.24) is 7.42 Å². The summed E-state index contributed by atoms with van der Waals surface area (Å²) in [4.78, 5) is 0. The molecule has 21 heteroatoms. The van der Waals surface area contributed by atoms with Gasteiger partial charge in [0.15, 0.2) is 16.6 Å². The summed E-state index contributed by atoms with van der Waals surface area (Å²) >= 11 is 0. The Balaban J connectivity index is 4.98. The molecule has 0 aromatic heterocycles. The zero-order valence-corrected chi connectivity index (χ0v) is 22.2. The molecular weight excluding hydrogens is 553 g/mol. The van der Waals surface area contributed by atoms with Crippen LogP contribution in [0.2, 0.25) is 38.3 Å². The molecule has 0 N–H and O–H groups in total. The Morgan fingerprint density at radius 1 is 0.581 bits per heavy atom. The molecule has 0 amide bonds. The molecule has 0 aromatic carbocycles. The van der Waals surface area contributed by atoms with Crippen molar-refractivity contribution in [1.29, 1.82) is 0 Å². The van der Waals surface area contributed by atoms with Gasteiger partial charge < -0.3 is 4.12 Å². The molecule has 0 aliphatic carbocycles. The fraction of sp³-hybridized carbons (Fsp3) is 1.00. The second-order valence-electron chi connectivity index (χ2n) is 7.59. The summed E-state index contributed by atoms with van der Waals surface area (Å²) in [6.45, 7) is 4.59. The van der Waals surface area contributed by atoms with E-state index in [1.54, 1.807) is 26.2 Å². The minimum absolute atomic E-state index is 0.0782.